The Labute approximate surface area is 103 Å². The van der Waals surface area contributed by atoms with Crippen molar-refractivity contribution in [3.8, 4) is 0 Å². The van der Waals surface area contributed by atoms with Crippen molar-refractivity contribution in [3.05, 3.63) is 11.6 Å². The lowest BCUT2D eigenvalue weighted by atomic mass is 9.88. The molecular formula is C14H23NO2. The first kappa shape index (κ1) is 12.6. The van der Waals surface area contributed by atoms with E-state index in [0.29, 0.717) is 0 Å². The van der Waals surface area contributed by atoms with Crippen LogP contribution in [0.25, 0.3) is 0 Å². The second-order valence-corrected chi connectivity index (χ2v) is 5.96. The minimum absolute atomic E-state index is 0.778. The van der Waals surface area contributed by atoms with Gasteiger partial charge in [0.15, 0.2) is 0 Å². The number of hydrogen-bond donors (Lipinski definition) is 1. The van der Waals surface area contributed by atoms with Gasteiger partial charge in [0.1, 0.15) is 0 Å². The molecule has 0 aromatic heterocycles. The maximum Gasteiger partial charge on any atom is 0.328 e. The third kappa shape index (κ3) is 3.32. The van der Waals surface area contributed by atoms with Crippen molar-refractivity contribution in [2.45, 2.75) is 32.6 Å². The van der Waals surface area contributed by atoms with Crippen molar-refractivity contribution in [1.29, 1.82) is 0 Å². The zero-order chi connectivity index (χ0) is 12.4. The van der Waals surface area contributed by atoms with Crippen LogP contribution in [0.3, 0.4) is 0 Å². The zero-order valence-corrected chi connectivity index (χ0v) is 10.9. The van der Waals surface area contributed by atoms with Crippen molar-refractivity contribution in [3.63, 3.8) is 0 Å². The van der Waals surface area contributed by atoms with E-state index in [0.717, 1.165) is 36.4 Å². The molecular weight excluding hydrogens is 214 g/mol. The Kier molecular flexibility index (Phi) is 3.87. The van der Waals surface area contributed by atoms with E-state index in [2.05, 4.69) is 11.9 Å². The van der Waals surface area contributed by atoms with Gasteiger partial charge in [0, 0.05) is 19.2 Å². The van der Waals surface area contributed by atoms with E-state index in [1.807, 2.05) is 6.92 Å². The van der Waals surface area contributed by atoms with E-state index < -0.39 is 5.97 Å². The van der Waals surface area contributed by atoms with Crippen LogP contribution in [0.2, 0.25) is 0 Å². The number of carbonyl (C=O) groups is 1. The maximum absolute atomic E-state index is 10.5. The summed E-state index contributed by atoms with van der Waals surface area (Å²) in [5, 5.41) is 8.67. The maximum atomic E-state index is 10.5. The minimum Gasteiger partial charge on any atom is -0.478 e. The fraction of sp³-hybridized carbons (Fsp3) is 0.786. The summed E-state index contributed by atoms with van der Waals surface area (Å²) >= 11 is 0. The van der Waals surface area contributed by atoms with Crippen molar-refractivity contribution in [2.24, 2.45) is 17.8 Å². The highest BCUT2D eigenvalue weighted by molar-refractivity contribution is 5.80. The highest BCUT2D eigenvalue weighted by atomic mass is 16.4. The quantitative estimate of drug-likeness (QED) is 0.746. The molecule has 0 aromatic carbocycles. The van der Waals surface area contributed by atoms with E-state index in [-0.39, 0.29) is 0 Å². The third-order valence-corrected chi connectivity index (χ3v) is 4.32. The Hall–Kier alpha value is -0.830. The second-order valence-electron chi connectivity index (χ2n) is 5.96. The smallest absolute Gasteiger partial charge is 0.328 e. The van der Waals surface area contributed by atoms with Gasteiger partial charge in [-0.05, 0) is 51.0 Å². The molecule has 2 saturated carbocycles. The van der Waals surface area contributed by atoms with Crippen LogP contribution in [0.1, 0.15) is 32.6 Å². The number of nitrogens with zero attached hydrogens (tertiary/aromatic N) is 1. The molecule has 0 radical (unpaired) electrons. The van der Waals surface area contributed by atoms with Gasteiger partial charge in [-0.15, -0.1) is 0 Å². The molecule has 2 fully saturated rings. The first-order chi connectivity index (χ1) is 8.04. The van der Waals surface area contributed by atoms with Gasteiger partial charge < -0.3 is 10.0 Å². The summed E-state index contributed by atoms with van der Waals surface area (Å²) in [7, 11) is 2.10. The van der Waals surface area contributed by atoms with Gasteiger partial charge >= 0.3 is 5.97 Å². The van der Waals surface area contributed by atoms with E-state index in [1.165, 1.54) is 31.8 Å². The molecule has 0 heterocycles. The number of likely N-dealkylation sites (N-methyl/N-ethyl adjacent to an activating group) is 1. The van der Waals surface area contributed by atoms with E-state index in [1.54, 1.807) is 0 Å². The van der Waals surface area contributed by atoms with Gasteiger partial charge in [0.2, 0.25) is 0 Å². The van der Waals surface area contributed by atoms with Gasteiger partial charge in [0.25, 0.3) is 0 Å². The summed E-state index contributed by atoms with van der Waals surface area (Å²) in [6, 6.07) is 0. The molecule has 0 amide bonds. The Morgan fingerprint density at radius 2 is 2.18 bits per heavy atom. The summed E-state index contributed by atoms with van der Waals surface area (Å²) in [5.74, 6) is 1.97. The molecule has 2 rings (SSSR count). The summed E-state index contributed by atoms with van der Waals surface area (Å²) in [6.45, 7) is 3.80. The highest BCUT2D eigenvalue weighted by Gasteiger charge is 2.39. The fourth-order valence-corrected chi connectivity index (χ4v) is 3.75. The van der Waals surface area contributed by atoms with Crippen LogP contribution in [-0.2, 0) is 4.79 Å². The number of aliphatic carboxylic acids is 1. The molecule has 0 spiro atoms. The lowest BCUT2D eigenvalue weighted by Gasteiger charge is -2.27. The van der Waals surface area contributed by atoms with Crippen molar-refractivity contribution in [1.82, 2.24) is 4.90 Å². The van der Waals surface area contributed by atoms with Gasteiger partial charge in [-0.3, -0.25) is 0 Å². The Morgan fingerprint density at radius 1 is 1.41 bits per heavy atom. The lowest BCUT2D eigenvalue weighted by Crippen LogP contribution is -2.30. The molecule has 3 nitrogen and oxygen atoms in total. The van der Waals surface area contributed by atoms with Crippen LogP contribution >= 0.6 is 0 Å². The van der Waals surface area contributed by atoms with Crippen LogP contribution in [0.5, 0.6) is 0 Å². The van der Waals surface area contributed by atoms with E-state index in [4.69, 9.17) is 5.11 Å². The summed E-state index contributed by atoms with van der Waals surface area (Å²) in [6.07, 6.45) is 7.03. The molecule has 17 heavy (non-hydrogen) atoms. The second kappa shape index (κ2) is 5.21. The molecule has 3 unspecified atom stereocenters. The van der Waals surface area contributed by atoms with Crippen LogP contribution in [0.15, 0.2) is 11.6 Å². The first-order valence-electron chi connectivity index (χ1n) is 6.63. The molecule has 2 aliphatic rings. The SMILES string of the molecule is C/C(=C\C(=O)O)CN(C)CC1CC2CCC1C2. The van der Waals surface area contributed by atoms with Gasteiger partial charge in [-0.2, -0.15) is 0 Å². The average Bonchev–Trinajstić information content (AvgIpc) is 2.76. The van der Waals surface area contributed by atoms with Crippen LogP contribution in [0.4, 0.5) is 0 Å². The number of carboxylic acid groups (broad SMARTS) is 1. The third-order valence-electron chi connectivity index (χ3n) is 4.32. The van der Waals surface area contributed by atoms with Crippen LogP contribution in [-0.4, -0.2) is 36.1 Å². The van der Waals surface area contributed by atoms with Crippen LogP contribution in [0, 0.1) is 17.8 Å². The van der Waals surface area contributed by atoms with Crippen molar-refractivity contribution < 1.29 is 9.90 Å². The molecule has 3 atom stereocenters. The predicted octanol–water partition coefficient (Wildman–Crippen LogP) is 2.39. The van der Waals surface area contributed by atoms with Crippen molar-refractivity contribution >= 4 is 5.97 Å². The Morgan fingerprint density at radius 3 is 2.71 bits per heavy atom. The molecule has 2 bridgehead atoms. The normalized spacial score (nSPS) is 32.4. The number of carboxylic acids is 1. The molecule has 1 N–H and O–H groups in total. The van der Waals surface area contributed by atoms with Crippen LogP contribution < -0.4 is 0 Å². The van der Waals surface area contributed by atoms with Gasteiger partial charge in [-0.25, -0.2) is 4.79 Å². The molecule has 3 heteroatoms. The summed E-state index contributed by atoms with van der Waals surface area (Å²) in [4.78, 5) is 12.8. The number of hydrogen-bond acceptors (Lipinski definition) is 2. The highest BCUT2D eigenvalue weighted by Crippen LogP contribution is 2.48. The van der Waals surface area contributed by atoms with E-state index in [9.17, 15) is 4.79 Å². The molecule has 0 saturated heterocycles. The number of fused-ring (bicyclic) bond motifs is 2. The lowest BCUT2D eigenvalue weighted by molar-refractivity contribution is -0.131. The van der Waals surface area contributed by atoms with Gasteiger partial charge in [-0.1, -0.05) is 12.0 Å². The summed E-state index contributed by atoms with van der Waals surface area (Å²) < 4.78 is 0. The Bertz CT molecular complexity index is 324. The average molecular weight is 237 g/mol. The Balaban J connectivity index is 1.78. The fourth-order valence-electron chi connectivity index (χ4n) is 3.75. The predicted molar refractivity (Wildman–Crippen MR) is 67.8 cm³/mol. The number of rotatable bonds is 5. The molecule has 96 valence electrons. The standard InChI is InChI=1S/C14H23NO2/c1-10(5-14(16)17)8-15(2)9-13-7-11-3-4-12(13)6-11/h5,11-13H,3-4,6-9H2,1-2H3,(H,16,17)/b10-5+. The van der Waals surface area contributed by atoms with Gasteiger partial charge in [0.05, 0.1) is 0 Å². The topological polar surface area (TPSA) is 40.5 Å². The monoisotopic (exact) mass is 237 g/mol. The molecule has 0 aromatic rings. The van der Waals surface area contributed by atoms with E-state index >= 15 is 0 Å². The summed E-state index contributed by atoms with van der Waals surface area (Å²) in [5.41, 5.74) is 0.933. The zero-order valence-electron chi connectivity index (χ0n) is 10.9. The first-order valence-corrected chi connectivity index (χ1v) is 6.63. The molecule has 0 aliphatic heterocycles. The largest absolute Gasteiger partial charge is 0.478 e. The molecule has 2 aliphatic carbocycles. The minimum atomic E-state index is -0.837. The van der Waals surface area contributed by atoms with Crippen molar-refractivity contribution in [2.75, 3.05) is 20.1 Å².